The quantitative estimate of drug-likeness (QED) is 0.574. The molecule has 0 aliphatic carbocycles. The van der Waals surface area contributed by atoms with E-state index in [4.69, 9.17) is 16.3 Å². The van der Waals surface area contributed by atoms with E-state index in [1.165, 1.54) is 12.3 Å². The molecule has 0 radical (unpaired) electrons. The van der Waals surface area contributed by atoms with E-state index in [9.17, 15) is 9.18 Å². The van der Waals surface area contributed by atoms with E-state index in [0.29, 0.717) is 12.2 Å². The van der Waals surface area contributed by atoms with Gasteiger partial charge in [-0.2, -0.15) is 4.39 Å². The lowest BCUT2D eigenvalue weighted by molar-refractivity contribution is -0.142. The summed E-state index contributed by atoms with van der Waals surface area (Å²) in [4.78, 5) is 14.4. The predicted molar refractivity (Wildman–Crippen MR) is 49.5 cm³/mol. The van der Waals surface area contributed by atoms with Gasteiger partial charge in [-0.3, -0.25) is 4.79 Å². The van der Waals surface area contributed by atoms with E-state index >= 15 is 0 Å². The standard InChI is InChI=1S/C9H9ClFNO2/c1-2-14-8(13)4-6-3-7(10)9(11)12-5-6/h3,5H,2,4H2,1H3. The second-order valence-corrected chi connectivity index (χ2v) is 3.01. The van der Waals surface area contributed by atoms with Crippen molar-refractivity contribution in [2.24, 2.45) is 0 Å². The topological polar surface area (TPSA) is 39.2 Å². The van der Waals surface area contributed by atoms with Gasteiger partial charge in [-0.15, -0.1) is 0 Å². The Labute approximate surface area is 85.9 Å². The first-order valence-corrected chi connectivity index (χ1v) is 4.46. The second-order valence-electron chi connectivity index (χ2n) is 2.60. The third-order valence-electron chi connectivity index (χ3n) is 1.51. The van der Waals surface area contributed by atoms with Gasteiger partial charge in [0.2, 0.25) is 5.95 Å². The van der Waals surface area contributed by atoms with E-state index in [-0.39, 0.29) is 17.4 Å². The van der Waals surface area contributed by atoms with Crippen LogP contribution in [-0.4, -0.2) is 17.6 Å². The fraction of sp³-hybridized carbons (Fsp3) is 0.333. The minimum atomic E-state index is -0.737. The fourth-order valence-electron chi connectivity index (χ4n) is 0.936. The number of halogens is 2. The summed E-state index contributed by atoms with van der Waals surface area (Å²) in [5, 5.41) is -0.0909. The molecule has 3 nitrogen and oxygen atoms in total. The van der Waals surface area contributed by atoms with Crippen LogP contribution in [0.4, 0.5) is 4.39 Å². The normalized spacial score (nSPS) is 9.93. The van der Waals surface area contributed by atoms with Gasteiger partial charge in [0.15, 0.2) is 0 Å². The van der Waals surface area contributed by atoms with Crippen molar-refractivity contribution in [2.75, 3.05) is 6.61 Å². The highest BCUT2D eigenvalue weighted by Crippen LogP contribution is 2.13. The summed E-state index contributed by atoms with van der Waals surface area (Å²) in [6.07, 6.45) is 1.32. The monoisotopic (exact) mass is 217 g/mol. The SMILES string of the molecule is CCOC(=O)Cc1cnc(F)c(Cl)c1. The zero-order chi connectivity index (χ0) is 10.6. The van der Waals surface area contributed by atoms with Crippen LogP contribution >= 0.6 is 11.6 Å². The van der Waals surface area contributed by atoms with Gasteiger partial charge in [0.1, 0.15) is 0 Å². The average Bonchev–Trinajstić information content (AvgIpc) is 2.12. The van der Waals surface area contributed by atoms with Crippen molar-refractivity contribution >= 4 is 17.6 Å². The maximum atomic E-state index is 12.6. The number of pyridine rings is 1. The Morgan fingerprint density at radius 2 is 2.43 bits per heavy atom. The van der Waals surface area contributed by atoms with Crippen LogP contribution in [0.3, 0.4) is 0 Å². The van der Waals surface area contributed by atoms with E-state index < -0.39 is 5.95 Å². The lowest BCUT2D eigenvalue weighted by Gasteiger charge is -2.01. The average molecular weight is 218 g/mol. The molecule has 1 heterocycles. The maximum absolute atomic E-state index is 12.6. The van der Waals surface area contributed by atoms with Crippen LogP contribution < -0.4 is 0 Å². The molecule has 1 aromatic heterocycles. The summed E-state index contributed by atoms with van der Waals surface area (Å²) in [6, 6.07) is 1.36. The third kappa shape index (κ3) is 2.96. The Morgan fingerprint density at radius 3 is 3.00 bits per heavy atom. The summed E-state index contributed by atoms with van der Waals surface area (Å²) in [6.45, 7) is 2.04. The number of carbonyl (C=O) groups is 1. The predicted octanol–water partition coefficient (Wildman–Crippen LogP) is 1.98. The Hall–Kier alpha value is -1.16. The van der Waals surface area contributed by atoms with E-state index in [0.717, 1.165) is 0 Å². The molecule has 76 valence electrons. The summed E-state index contributed by atoms with van der Waals surface area (Å²) in [5.41, 5.74) is 0.537. The zero-order valence-corrected chi connectivity index (χ0v) is 8.34. The van der Waals surface area contributed by atoms with Crippen molar-refractivity contribution in [3.63, 3.8) is 0 Å². The number of esters is 1. The van der Waals surface area contributed by atoms with E-state index in [1.807, 2.05) is 0 Å². The molecular formula is C9H9ClFNO2. The number of carbonyl (C=O) groups excluding carboxylic acids is 1. The number of nitrogens with zero attached hydrogens (tertiary/aromatic N) is 1. The molecule has 0 amide bonds. The van der Waals surface area contributed by atoms with Crippen LogP contribution in [0.25, 0.3) is 0 Å². The number of hydrogen-bond acceptors (Lipinski definition) is 3. The smallest absolute Gasteiger partial charge is 0.310 e. The molecular weight excluding hydrogens is 209 g/mol. The molecule has 5 heteroatoms. The van der Waals surface area contributed by atoms with Crippen LogP contribution in [0.1, 0.15) is 12.5 Å². The molecule has 1 aromatic rings. The Morgan fingerprint density at radius 1 is 1.71 bits per heavy atom. The highest BCUT2D eigenvalue weighted by Gasteiger charge is 2.07. The van der Waals surface area contributed by atoms with Crippen LogP contribution in [0.5, 0.6) is 0 Å². The molecule has 14 heavy (non-hydrogen) atoms. The van der Waals surface area contributed by atoms with Crippen molar-refractivity contribution in [1.82, 2.24) is 4.98 Å². The largest absolute Gasteiger partial charge is 0.466 e. The highest BCUT2D eigenvalue weighted by molar-refractivity contribution is 6.30. The van der Waals surface area contributed by atoms with Crippen molar-refractivity contribution in [3.05, 3.63) is 28.8 Å². The van der Waals surface area contributed by atoms with Crippen molar-refractivity contribution in [3.8, 4) is 0 Å². The summed E-state index contributed by atoms with van der Waals surface area (Å²) < 4.78 is 17.3. The van der Waals surface area contributed by atoms with Gasteiger partial charge in [-0.1, -0.05) is 11.6 Å². The molecule has 0 bridgehead atoms. The van der Waals surface area contributed by atoms with Gasteiger partial charge in [-0.25, -0.2) is 4.98 Å². The van der Waals surface area contributed by atoms with Gasteiger partial charge >= 0.3 is 5.97 Å². The molecule has 0 saturated carbocycles. The molecule has 0 atom stereocenters. The van der Waals surface area contributed by atoms with Crippen molar-refractivity contribution in [1.29, 1.82) is 0 Å². The third-order valence-corrected chi connectivity index (χ3v) is 1.77. The van der Waals surface area contributed by atoms with Crippen LogP contribution in [-0.2, 0) is 16.0 Å². The number of hydrogen-bond donors (Lipinski definition) is 0. The molecule has 0 aliphatic rings. The molecule has 0 aliphatic heterocycles. The highest BCUT2D eigenvalue weighted by atomic mass is 35.5. The van der Waals surface area contributed by atoms with Crippen LogP contribution in [0, 0.1) is 5.95 Å². The molecule has 0 N–H and O–H groups in total. The van der Waals surface area contributed by atoms with Gasteiger partial charge < -0.3 is 4.74 Å². The number of rotatable bonds is 3. The van der Waals surface area contributed by atoms with E-state index in [1.54, 1.807) is 6.92 Å². The van der Waals surface area contributed by atoms with Gasteiger partial charge in [-0.05, 0) is 18.6 Å². The van der Waals surface area contributed by atoms with Gasteiger partial charge in [0.05, 0.1) is 18.1 Å². The van der Waals surface area contributed by atoms with Crippen LogP contribution in [0.15, 0.2) is 12.3 Å². The molecule has 0 aromatic carbocycles. The molecule has 1 rings (SSSR count). The first kappa shape index (κ1) is 10.9. The number of ether oxygens (including phenoxy) is 1. The minimum Gasteiger partial charge on any atom is -0.466 e. The molecule has 0 spiro atoms. The van der Waals surface area contributed by atoms with Crippen molar-refractivity contribution in [2.45, 2.75) is 13.3 Å². The fourth-order valence-corrected chi connectivity index (χ4v) is 1.13. The zero-order valence-electron chi connectivity index (χ0n) is 7.59. The Bertz CT molecular complexity index is 344. The first-order valence-electron chi connectivity index (χ1n) is 4.09. The summed E-state index contributed by atoms with van der Waals surface area (Å²) in [7, 11) is 0. The maximum Gasteiger partial charge on any atom is 0.310 e. The number of aromatic nitrogens is 1. The second kappa shape index (κ2) is 4.91. The lowest BCUT2D eigenvalue weighted by Crippen LogP contribution is -2.07. The Kier molecular flexibility index (Phi) is 3.83. The lowest BCUT2D eigenvalue weighted by atomic mass is 10.2. The molecule has 0 fully saturated rings. The van der Waals surface area contributed by atoms with Crippen molar-refractivity contribution < 1.29 is 13.9 Å². The minimum absolute atomic E-state index is 0.0564. The van der Waals surface area contributed by atoms with Gasteiger partial charge in [0, 0.05) is 6.20 Å². The van der Waals surface area contributed by atoms with Gasteiger partial charge in [0.25, 0.3) is 0 Å². The summed E-state index contributed by atoms with van der Waals surface area (Å²) in [5.74, 6) is -1.11. The van der Waals surface area contributed by atoms with Crippen LogP contribution in [0.2, 0.25) is 5.02 Å². The summed E-state index contributed by atoms with van der Waals surface area (Å²) >= 11 is 5.48. The first-order chi connectivity index (χ1) is 6.63. The Balaban J connectivity index is 2.68. The molecule has 0 saturated heterocycles. The van der Waals surface area contributed by atoms with E-state index in [2.05, 4.69) is 4.98 Å². The molecule has 0 unspecified atom stereocenters.